The Balaban J connectivity index is 2.08. The second-order valence-corrected chi connectivity index (χ2v) is 7.91. The fourth-order valence-electron chi connectivity index (χ4n) is 3.06. The molecule has 8 heteroatoms. The third-order valence-corrected chi connectivity index (χ3v) is 4.82. The first-order valence-corrected chi connectivity index (χ1v) is 11.1. The van der Waals surface area contributed by atoms with E-state index in [1.165, 1.54) is 0 Å². The largest absolute Gasteiger partial charge is 0.490 e. The van der Waals surface area contributed by atoms with E-state index in [1.807, 2.05) is 13.0 Å². The highest BCUT2D eigenvalue weighted by molar-refractivity contribution is 5.87. The molecule has 33 heavy (non-hydrogen) atoms. The van der Waals surface area contributed by atoms with Crippen LogP contribution in [-0.2, 0) is 28.5 Å². The molecule has 1 aromatic rings. The van der Waals surface area contributed by atoms with Crippen molar-refractivity contribution >= 4 is 11.9 Å². The quantitative estimate of drug-likeness (QED) is 0.258. The summed E-state index contributed by atoms with van der Waals surface area (Å²) in [6, 6.07) is 5.31. The molecule has 1 aliphatic rings. The summed E-state index contributed by atoms with van der Waals surface area (Å²) < 4.78 is 33.8. The van der Waals surface area contributed by atoms with Crippen molar-refractivity contribution in [2.75, 3.05) is 26.4 Å². The van der Waals surface area contributed by atoms with Crippen LogP contribution in [0.3, 0.4) is 0 Å². The Hall–Kier alpha value is -2.84. The Bertz CT molecular complexity index is 847. The van der Waals surface area contributed by atoms with E-state index in [0.29, 0.717) is 28.2 Å². The number of hydrogen-bond donors (Lipinski definition) is 0. The van der Waals surface area contributed by atoms with Crippen molar-refractivity contribution in [3.63, 3.8) is 0 Å². The molecule has 1 aliphatic heterocycles. The molecule has 2 rings (SSSR count). The zero-order valence-corrected chi connectivity index (χ0v) is 19.9. The maximum Gasteiger partial charge on any atom is 0.333 e. The zero-order valence-electron chi connectivity index (χ0n) is 19.9. The number of ether oxygens (including phenoxy) is 6. The lowest BCUT2D eigenvalue weighted by atomic mass is 10.1. The minimum Gasteiger partial charge on any atom is -0.490 e. The molecule has 182 valence electrons. The van der Waals surface area contributed by atoms with Gasteiger partial charge in [0.05, 0.1) is 17.8 Å². The Morgan fingerprint density at radius 2 is 1.58 bits per heavy atom. The van der Waals surface area contributed by atoms with E-state index in [1.54, 1.807) is 26.0 Å². The highest BCUT2D eigenvalue weighted by atomic mass is 16.7. The van der Waals surface area contributed by atoms with Gasteiger partial charge in [-0.15, -0.1) is 0 Å². The van der Waals surface area contributed by atoms with E-state index >= 15 is 0 Å². The molecule has 0 N–H and O–H groups in total. The van der Waals surface area contributed by atoms with Gasteiger partial charge in [0.15, 0.2) is 6.29 Å². The van der Waals surface area contributed by atoms with Crippen LogP contribution < -0.4 is 9.47 Å². The van der Waals surface area contributed by atoms with Crippen LogP contribution in [0.15, 0.2) is 42.5 Å². The summed E-state index contributed by atoms with van der Waals surface area (Å²) >= 11 is 0. The summed E-state index contributed by atoms with van der Waals surface area (Å²) in [5, 5.41) is 0. The lowest BCUT2D eigenvalue weighted by Crippen LogP contribution is -2.32. The summed E-state index contributed by atoms with van der Waals surface area (Å²) in [6.45, 7) is 14.8. The van der Waals surface area contributed by atoms with Gasteiger partial charge in [-0.1, -0.05) is 20.1 Å². The summed E-state index contributed by atoms with van der Waals surface area (Å²) in [6.07, 6.45) is 1.24. The van der Waals surface area contributed by atoms with Gasteiger partial charge in [-0.2, -0.15) is 0 Å². The Morgan fingerprint density at radius 1 is 0.970 bits per heavy atom. The van der Waals surface area contributed by atoms with Gasteiger partial charge in [-0.25, -0.2) is 9.59 Å². The molecular formula is C25H34O8. The number of esters is 2. The molecule has 3 atom stereocenters. The SMILES string of the molecule is C=C(C)C(=O)OCCOc1ccc(C2OC(C)CC(CC)O2)c(OCCOC(=O)C(=C)C)c1. The first-order chi connectivity index (χ1) is 15.7. The summed E-state index contributed by atoms with van der Waals surface area (Å²) in [7, 11) is 0. The molecule has 1 heterocycles. The molecule has 1 aromatic carbocycles. The molecule has 0 spiro atoms. The molecule has 0 aromatic heterocycles. The third kappa shape index (κ3) is 8.55. The molecule has 8 nitrogen and oxygen atoms in total. The van der Waals surface area contributed by atoms with Crippen LogP contribution in [0, 0.1) is 0 Å². The van der Waals surface area contributed by atoms with Gasteiger partial charge in [0, 0.05) is 17.2 Å². The topological polar surface area (TPSA) is 89.5 Å². The molecule has 1 fully saturated rings. The van der Waals surface area contributed by atoms with Crippen LogP contribution in [0.2, 0.25) is 0 Å². The van der Waals surface area contributed by atoms with E-state index in [4.69, 9.17) is 28.4 Å². The van der Waals surface area contributed by atoms with Crippen molar-refractivity contribution in [2.24, 2.45) is 0 Å². The van der Waals surface area contributed by atoms with Gasteiger partial charge >= 0.3 is 11.9 Å². The first-order valence-electron chi connectivity index (χ1n) is 11.1. The predicted octanol–water partition coefficient (Wildman–Crippen LogP) is 4.29. The van der Waals surface area contributed by atoms with E-state index in [-0.39, 0.29) is 38.6 Å². The van der Waals surface area contributed by atoms with Gasteiger partial charge < -0.3 is 28.4 Å². The van der Waals surface area contributed by atoms with Crippen LogP contribution in [0.25, 0.3) is 0 Å². The van der Waals surface area contributed by atoms with Crippen molar-refractivity contribution in [3.05, 3.63) is 48.1 Å². The zero-order chi connectivity index (χ0) is 24.4. The van der Waals surface area contributed by atoms with Gasteiger partial charge in [0.25, 0.3) is 0 Å². The molecule has 1 saturated heterocycles. The number of benzene rings is 1. The van der Waals surface area contributed by atoms with Crippen molar-refractivity contribution < 1.29 is 38.0 Å². The van der Waals surface area contributed by atoms with Crippen LogP contribution in [-0.4, -0.2) is 50.6 Å². The number of rotatable bonds is 12. The number of hydrogen-bond acceptors (Lipinski definition) is 8. The molecule has 0 amide bonds. The lowest BCUT2D eigenvalue weighted by molar-refractivity contribution is -0.244. The summed E-state index contributed by atoms with van der Waals surface area (Å²) in [4.78, 5) is 23.1. The second-order valence-electron chi connectivity index (χ2n) is 7.91. The Morgan fingerprint density at radius 3 is 2.15 bits per heavy atom. The smallest absolute Gasteiger partial charge is 0.333 e. The average molecular weight is 463 g/mol. The fraction of sp³-hybridized carbons (Fsp3) is 0.520. The molecule has 0 aliphatic carbocycles. The number of carbonyl (C=O) groups excluding carboxylic acids is 2. The van der Waals surface area contributed by atoms with E-state index in [2.05, 4.69) is 20.1 Å². The van der Waals surface area contributed by atoms with Crippen LogP contribution in [0.5, 0.6) is 11.5 Å². The van der Waals surface area contributed by atoms with Crippen LogP contribution >= 0.6 is 0 Å². The number of carbonyl (C=O) groups is 2. The van der Waals surface area contributed by atoms with E-state index in [0.717, 1.165) is 12.8 Å². The van der Waals surface area contributed by atoms with Crippen molar-refractivity contribution in [1.29, 1.82) is 0 Å². The minimum atomic E-state index is -0.586. The monoisotopic (exact) mass is 462 g/mol. The minimum absolute atomic E-state index is 0.0389. The molecule has 0 saturated carbocycles. The fourth-order valence-corrected chi connectivity index (χ4v) is 3.06. The second kappa shape index (κ2) is 13.0. The van der Waals surface area contributed by atoms with Gasteiger partial charge in [0.1, 0.15) is 37.9 Å². The van der Waals surface area contributed by atoms with Gasteiger partial charge in [-0.3, -0.25) is 0 Å². The van der Waals surface area contributed by atoms with Crippen molar-refractivity contribution in [1.82, 2.24) is 0 Å². The molecule has 0 radical (unpaired) electrons. The molecule has 3 unspecified atom stereocenters. The van der Waals surface area contributed by atoms with Crippen LogP contribution in [0.4, 0.5) is 0 Å². The first kappa shape index (κ1) is 26.4. The lowest BCUT2D eigenvalue weighted by Gasteiger charge is -2.34. The van der Waals surface area contributed by atoms with Gasteiger partial charge in [-0.05, 0) is 45.7 Å². The summed E-state index contributed by atoms with van der Waals surface area (Å²) in [5.41, 5.74) is 1.36. The van der Waals surface area contributed by atoms with Crippen LogP contribution in [0.1, 0.15) is 52.4 Å². The maximum absolute atomic E-state index is 11.6. The van der Waals surface area contributed by atoms with Crippen molar-refractivity contribution in [3.8, 4) is 11.5 Å². The standard InChI is InChI=1S/C25H34O8/c1-7-19-14-18(6)32-25(33-19)21-9-8-20(28-10-12-30-23(26)16(2)3)15-22(21)29-11-13-31-24(27)17(4)5/h8-9,15,18-19,25H,2,4,7,10-14H2,1,3,5-6H3. The normalized spacial score (nSPS) is 19.9. The molecule has 0 bridgehead atoms. The highest BCUT2D eigenvalue weighted by Crippen LogP contribution is 2.37. The highest BCUT2D eigenvalue weighted by Gasteiger charge is 2.30. The Kier molecular flexibility index (Phi) is 10.4. The van der Waals surface area contributed by atoms with Crippen molar-refractivity contribution in [2.45, 2.75) is 59.0 Å². The van der Waals surface area contributed by atoms with E-state index < -0.39 is 18.2 Å². The average Bonchev–Trinajstić information content (AvgIpc) is 2.78. The predicted molar refractivity (Wildman–Crippen MR) is 122 cm³/mol. The molecular weight excluding hydrogens is 428 g/mol. The Labute approximate surface area is 195 Å². The van der Waals surface area contributed by atoms with E-state index in [9.17, 15) is 9.59 Å². The summed E-state index contributed by atoms with van der Waals surface area (Å²) in [5.74, 6) is 0.0777. The third-order valence-electron chi connectivity index (χ3n) is 4.82. The maximum atomic E-state index is 11.6. The van der Waals surface area contributed by atoms with Gasteiger partial charge in [0.2, 0.25) is 0 Å².